The second-order valence-corrected chi connectivity index (χ2v) is 9.22. The van der Waals surface area contributed by atoms with Gasteiger partial charge in [-0.15, -0.1) is 0 Å². The van der Waals surface area contributed by atoms with E-state index in [4.69, 9.17) is 16.3 Å². The Morgan fingerprint density at radius 3 is 2.68 bits per heavy atom. The van der Waals surface area contributed by atoms with Crippen molar-refractivity contribution in [2.24, 2.45) is 0 Å². The van der Waals surface area contributed by atoms with Gasteiger partial charge in [-0.3, -0.25) is 4.79 Å². The van der Waals surface area contributed by atoms with Crippen LogP contribution in [0, 0.1) is 0 Å². The second kappa shape index (κ2) is 7.27. The third kappa shape index (κ3) is 3.55. The molecule has 9 heteroatoms. The number of sulfonamides is 1. The molecule has 2 aromatic carbocycles. The summed E-state index contributed by atoms with van der Waals surface area (Å²) >= 11 is 5.97. The van der Waals surface area contributed by atoms with Gasteiger partial charge >= 0.3 is 0 Å². The zero-order chi connectivity index (χ0) is 19.9. The van der Waals surface area contributed by atoms with E-state index < -0.39 is 22.0 Å². The number of rotatable bonds is 4. The number of nitrogens with one attached hydrogen (secondary N) is 1. The van der Waals surface area contributed by atoms with Gasteiger partial charge in [-0.05, 0) is 54.8 Å². The van der Waals surface area contributed by atoms with Gasteiger partial charge in [0.15, 0.2) is 6.10 Å². The molecule has 7 nitrogen and oxygen atoms in total. The van der Waals surface area contributed by atoms with E-state index in [1.807, 2.05) is 0 Å². The lowest BCUT2D eigenvalue weighted by atomic mass is 10.1. The summed E-state index contributed by atoms with van der Waals surface area (Å²) in [4.78, 5) is 12.6. The highest BCUT2D eigenvalue weighted by Gasteiger charge is 2.31. The van der Waals surface area contributed by atoms with Gasteiger partial charge in [0.1, 0.15) is 11.5 Å². The molecule has 148 valence electrons. The summed E-state index contributed by atoms with van der Waals surface area (Å²) in [5.74, 6) is -0.107. The number of hydrogen-bond acceptors (Lipinski definition) is 5. The number of carbonyl (C=O) groups is 1. The van der Waals surface area contributed by atoms with E-state index in [-0.39, 0.29) is 16.3 Å². The predicted molar refractivity (Wildman–Crippen MR) is 104 cm³/mol. The number of carbonyl (C=O) groups excluding carboxylic acids is 1. The Morgan fingerprint density at radius 2 is 1.93 bits per heavy atom. The molecular weight excluding hydrogens is 404 g/mol. The second-order valence-electron chi connectivity index (χ2n) is 6.84. The van der Waals surface area contributed by atoms with Crippen LogP contribution < -0.4 is 10.1 Å². The Morgan fingerprint density at radius 1 is 1.18 bits per heavy atom. The number of amides is 1. The molecule has 2 aliphatic rings. The summed E-state index contributed by atoms with van der Waals surface area (Å²) in [6.45, 7) is 0.948. The number of phenolic OH excluding ortho intramolecular Hbond substituents is 1. The molecule has 2 N–H and O–H groups in total. The Labute approximate surface area is 167 Å². The molecule has 4 rings (SSSR count). The summed E-state index contributed by atoms with van der Waals surface area (Å²) < 4.78 is 32.5. The number of benzene rings is 2. The van der Waals surface area contributed by atoms with E-state index in [1.165, 1.54) is 22.5 Å². The molecule has 1 amide bonds. The fourth-order valence-corrected chi connectivity index (χ4v) is 5.17. The molecule has 0 aromatic heterocycles. The number of nitrogens with zero attached hydrogens (tertiary/aromatic N) is 1. The molecule has 2 heterocycles. The maximum Gasteiger partial charge on any atom is 0.265 e. The first-order valence-corrected chi connectivity index (χ1v) is 10.8. The number of phenols is 1. The van der Waals surface area contributed by atoms with Crippen LogP contribution in [0.2, 0.25) is 5.02 Å². The Bertz CT molecular complexity index is 1030. The topological polar surface area (TPSA) is 95.9 Å². The standard InChI is InChI=1S/C19H19ClN2O5S/c20-13-3-6-17-12(9-13)10-18(27-17)19(24)21-15-11-14(4-5-16(15)23)28(25,26)22-7-1-2-8-22/h3-6,9,11,18,23H,1-2,7-8,10H2,(H,21,24). The molecule has 0 radical (unpaired) electrons. The van der Waals surface area contributed by atoms with Crippen molar-refractivity contribution in [3.05, 3.63) is 47.0 Å². The molecular formula is C19H19ClN2O5S. The lowest BCUT2D eigenvalue weighted by molar-refractivity contribution is -0.122. The lowest BCUT2D eigenvalue weighted by Gasteiger charge is -2.17. The number of halogens is 1. The van der Waals surface area contributed by atoms with Crippen LogP contribution in [0.1, 0.15) is 18.4 Å². The van der Waals surface area contributed by atoms with Gasteiger partial charge in [0.25, 0.3) is 5.91 Å². The maximum absolute atomic E-state index is 12.7. The molecule has 0 saturated carbocycles. The van der Waals surface area contributed by atoms with Gasteiger partial charge in [-0.1, -0.05) is 11.6 Å². The molecule has 28 heavy (non-hydrogen) atoms. The number of aromatic hydroxyl groups is 1. The summed E-state index contributed by atoms with van der Waals surface area (Å²) in [7, 11) is -3.66. The van der Waals surface area contributed by atoms with Crippen molar-refractivity contribution in [2.75, 3.05) is 18.4 Å². The van der Waals surface area contributed by atoms with E-state index in [0.29, 0.717) is 30.3 Å². The molecule has 1 unspecified atom stereocenters. The average Bonchev–Trinajstić information content (AvgIpc) is 3.32. The highest BCUT2D eigenvalue weighted by molar-refractivity contribution is 7.89. The third-order valence-corrected chi connectivity index (χ3v) is 7.05. The molecule has 2 aromatic rings. The van der Waals surface area contributed by atoms with Crippen molar-refractivity contribution in [3.63, 3.8) is 0 Å². The van der Waals surface area contributed by atoms with Crippen LogP contribution in [0.15, 0.2) is 41.3 Å². The van der Waals surface area contributed by atoms with Crippen molar-refractivity contribution in [1.82, 2.24) is 4.31 Å². The van der Waals surface area contributed by atoms with Gasteiger partial charge < -0.3 is 15.2 Å². The van der Waals surface area contributed by atoms with Gasteiger partial charge in [-0.25, -0.2) is 8.42 Å². The van der Waals surface area contributed by atoms with Crippen molar-refractivity contribution in [1.29, 1.82) is 0 Å². The number of fused-ring (bicyclic) bond motifs is 1. The number of hydrogen-bond donors (Lipinski definition) is 2. The van der Waals surface area contributed by atoms with Gasteiger partial charge in [0.05, 0.1) is 10.6 Å². The zero-order valence-electron chi connectivity index (χ0n) is 14.9. The first-order chi connectivity index (χ1) is 13.3. The Kier molecular flexibility index (Phi) is 4.95. The first-order valence-electron chi connectivity index (χ1n) is 8.94. The van der Waals surface area contributed by atoms with Gasteiger partial charge in [0.2, 0.25) is 10.0 Å². The summed E-state index contributed by atoms with van der Waals surface area (Å²) in [5, 5.41) is 13.2. The number of ether oxygens (including phenoxy) is 1. The van der Waals surface area contributed by atoms with Gasteiger partial charge in [-0.2, -0.15) is 4.31 Å². The highest BCUT2D eigenvalue weighted by atomic mass is 35.5. The Hall–Kier alpha value is -2.29. The van der Waals surface area contributed by atoms with Gasteiger partial charge in [0, 0.05) is 24.5 Å². The maximum atomic E-state index is 12.7. The quantitative estimate of drug-likeness (QED) is 0.738. The van der Waals surface area contributed by atoms with Crippen LogP contribution in [0.5, 0.6) is 11.5 Å². The van der Waals surface area contributed by atoms with E-state index in [9.17, 15) is 18.3 Å². The van der Waals surface area contributed by atoms with Crippen molar-refractivity contribution in [2.45, 2.75) is 30.3 Å². The molecule has 1 fully saturated rings. The summed E-state index contributed by atoms with van der Waals surface area (Å²) in [5.41, 5.74) is 0.852. The SMILES string of the molecule is O=C(Nc1cc(S(=O)(=O)N2CCCC2)ccc1O)C1Cc2cc(Cl)ccc2O1. The minimum atomic E-state index is -3.66. The smallest absolute Gasteiger partial charge is 0.265 e. The summed E-state index contributed by atoms with van der Waals surface area (Å²) in [6, 6.07) is 9.00. The van der Waals surface area contributed by atoms with E-state index in [2.05, 4.69) is 5.32 Å². The highest BCUT2D eigenvalue weighted by Crippen LogP contribution is 2.33. The Balaban J connectivity index is 1.53. The van der Waals surface area contributed by atoms with Crippen LogP contribution in [-0.2, 0) is 21.2 Å². The minimum absolute atomic E-state index is 0.0304. The monoisotopic (exact) mass is 422 g/mol. The zero-order valence-corrected chi connectivity index (χ0v) is 16.5. The normalized spacial score (nSPS) is 19.2. The van der Waals surface area contributed by atoms with Crippen molar-refractivity contribution in [3.8, 4) is 11.5 Å². The fraction of sp³-hybridized carbons (Fsp3) is 0.316. The molecule has 2 aliphatic heterocycles. The van der Waals surface area contributed by atoms with Crippen LogP contribution in [0.4, 0.5) is 5.69 Å². The molecule has 1 atom stereocenters. The van der Waals surface area contributed by atoms with E-state index in [1.54, 1.807) is 18.2 Å². The van der Waals surface area contributed by atoms with Crippen LogP contribution in [-0.4, -0.2) is 42.9 Å². The van der Waals surface area contributed by atoms with Crippen molar-refractivity contribution >= 4 is 33.2 Å². The molecule has 0 aliphatic carbocycles. The summed E-state index contributed by atoms with van der Waals surface area (Å²) in [6.07, 6.45) is 1.20. The van der Waals surface area contributed by atoms with Crippen LogP contribution >= 0.6 is 11.6 Å². The molecule has 0 bridgehead atoms. The number of anilines is 1. The minimum Gasteiger partial charge on any atom is -0.506 e. The lowest BCUT2D eigenvalue weighted by Crippen LogP contribution is -2.31. The van der Waals surface area contributed by atoms with Crippen molar-refractivity contribution < 1.29 is 23.1 Å². The largest absolute Gasteiger partial charge is 0.506 e. The van der Waals surface area contributed by atoms with E-state index >= 15 is 0 Å². The third-order valence-electron chi connectivity index (χ3n) is 4.92. The van der Waals surface area contributed by atoms with E-state index in [0.717, 1.165) is 18.4 Å². The predicted octanol–water partition coefficient (Wildman–Crippen LogP) is 2.77. The fourth-order valence-electron chi connectivity index (χ4n) is 3.43. The van der Waals surface area contributed by atoms with Crippen LogP contribution in [0.25, 0.3) is 0 Å². The average molecular weight is 423 g/mol. The molecule has 1 saturated heterocycles. The first kappa shape index (κ1) is 19.0. The molecule has 0 spiro atoms. The van der Waals surface area contributed by atoms with Crippen LogP contribution in [0.3, 0.4) is 0 Å².